The van der Waals surface area contributed by atoms with Gasteiger partial charge in [-0.2, -0.15) is 0 Å². The summed E-state index contributed by atoms with van der Waals surface area (Å²) in [7, 11) is 3.37. The Labute approximate surface area is 173 Å². The van der Waals surface area contributed by atoms with Gasteiger partial charge in [-0.05, 0) is 70.6 Å². The predicted octanol–water partition coefficient (Wildman–Crippen LogP) is 3.90. The lowest BCUT2D eigenvalue weighted by Crippen LogP contribution is -2.21. The number of fused-ring (bicyclic) bond motifs is 3. The minimum absolute atomic E-state index is 0.125. The first-order valence-corrected chi connectivity index (χ1v) is 9.40. The first-order valence-electron chi connectivity index (χ1n) is 9.40. The number of nitrogens with two attached hydrogens (primary N) is 1. The molecule has 1 heterocycles. The van der Waals surface area contributed by atoms with Crippen molar-refractivity contribution in [2.45, 2.75) is 6.42 Å². The van der Waals surface area contributed by atoms with Crippen LogP contribution in [0.5, 0.6) is 0 Å². The molecule has 0 bridgehead atoms. The van der Waals surface area contributed by atoms with Gasteiger partial charge < -0.3 is 10.6 Å². The van der Waals surface area contributed by atoms with Crippen molar-refractivity contribution in [1.29, 1.82) is 0 Å². The Morgan fingerprint density at radius 2 is 1.93 bits per heavy atom. The number of carbonyl (C=O) groups is 2. The van der Waals surface area contributed by atoms with Crippen LogP contribution < -0.4 is 5.73 Å². The molecule has 0 radical (unpaired) electrons. The molecule has 2 aromatic carbocycles. The second kappa shape index (κ2) is 7.22. The summed E-state index contributed by atoms with van der Waals surface area (Å²) < 4.78 is 15.3. The standard InChI is InChI=1S/C24H20FN3O2/c1-4-16-10-13(7-8-27-16)21-20(25)12-19(23(26)29)18-11-15-9-14(24(30)28(2)3)5-6-17(15)22(18)21/h4-10,12H,1,11H2,2-3H3,(H2,26,29). The third kappa shape index (κ3) is 3.06. The van der Waals surface area contributed by atoms with Crippen molar-refractivity contribution in [3.63, 3.8) is 0 Å². The van der Waals surface area contributed by atoms with Crippen LogP contribution in [0.25, 0.3) is 28.3 Å². The zero-order valence-corrected chi connectivity index (χ0v) is 16.7. The highest BCUT2D eigenvalue weighted by Crippen LogP contribution is 2.46. The highest BCUT2D eigenvalue weighted by atomic mass is 19.1. The summed E-state index contributed by atoms with van der Waals surface area (Å²) in [5, 5.41) is 0. The molecule has 0 unspecified atom stereocenters. The summed E-state index contributed by atoms with van der Waals surface area (Å²) >= 11 is 0. The van der Waals surface area contributed by atoms with Crippen molar-refractivity contribution in [2.24, 2.45) is 5.73 Å². The van der Waals surface area contributed by atoms with E-state index in [1.165, 1.54) is 11.0 Å². The van der Waals surface area contributed by atoms with Gasteiger partial charge in [0.15, 0.2) is 0 Å². The maximum atomic E-state index is 15.3. The van der Waals surface area contributed by atoms with Crippen LogP contribution in [0.3, 0.4) is 0 Å². The fourth-order valence-electron chi connectivity index (χ4n) is 3.95. The Morgan fingerprint density at radius 1 is 1.17 bits per heavy atom. The number of hydrogen-bond acceptors (Lipinski definition) is 3. The van der Waals surface area contributed by atoms with E-state index in [1.807, 2.05) is 0 Å². The van der Waals surface area contributed by atoms with Crippen molar-refractivity contribution < 1.29 is 14.0 Å². The fraction of sp³-hybridized carbons (Fsp3) is 0.125. The maximum Gasteiger partial charge on any atom is 0.253 e. The third-order valence-corrected chi connectivity index (χ3v) is 5.33. The minimum Gasteiger partial charge on any atom is -0.366 e. The molecule has 1 aliphatic carbocycles. The topological polar surface area (TPSA) is 76.3 Å². The largest absolute Gasteiger partial charge is 0.366 e. The molecule has 1 aromatic heterocycles. The number of aromatic nitrogens is 1. The summed E-state index contributed by atoms with van der Waals surface area (Å²) in [4.78, 5) is 30.1. The van der Waals surface area contributed by atoms with E-state index in [4.69, 9.17) is 5.73 Å². The van der Waals surface area contributed by atoms with Crippen LogP contribution in [-0.4, -0.2) is 35.8 Å². The van der Waals surface area contributed by atoms with Crippen molar-refractivity contribution in [2.75, 3.05) is 14.1 Å². The number of hydrogen-bond donors (Lipinski definition) is 1. The number of primary amides is 1. The average Bonchev–Trinajstić information content (AvgIpc) is 3.10. The smallest absolute Gasteiger partial charge is 0.253 e. The van der Waals surface area contributed by atoms with Crippen LogP contribution in [0.1, 0.15) is 37.5 Å². The molecule has 2 amide bonds. The normalized spacial score (nSPS) is 11.6. The van der Waals surface area contributed by atoms with Gasteiger partial charge in [0.2, 0.25) is 5.91 Å². The highest BCUT2D eigenvalue weighted by molar-refractivity contribution is 6.03. The number of amides is 2. The Kier molecular flexibility index (Phi) is 4.70. The number of pyridine rings is 1. The average molecular weight is 401 g/mol. The summed E-state index contributed by atoms with van der Waals surface area (Å²) in [5.41, 5.74) is 10.8. The SMILES string of the molecule is C=Cc1cc(-c2c(F)cc(C(N)=O)c3c2-c2ccc(C(=O)N(C)C)cc2C3)ccn1. The van der Waals surface area contributed by atoms with Gasteiger partial charge in [0.05, 0.1) is 5.69 Å². The van der Waals surface area contributed by atoms with E-state index in [-0.39, 0.29) is 11.5 Å². The van der Waals surface area contributed by atoms with Crippen LogP contribution in [0.2, 0.25) is 0 Å². The van der Waals surface area contributed by atoms with E-state index in [0.29, 0.717) is 39.9 Å². The quantitative estimate of drug-likeness (QED) is 0.563. The van der Waals surface area contributed by atoms with Crippen LogP contribution in [0, 0.1) is 5.82 Å². The van der Waals surface area contributed by atoms with E-state index < -0.39 is 11.7 Å². The van der Waals surface area contributed by atoms with E-state index in [1.54, 1.807) is 56.7 Å². The number of benzene rings is 2. The zero-order valence-electron chi connectivity index (χ0n) is 16.7. The van der Waals surface area contributed by atoms with Crippen molar-refractivity contribution >= 4 is 17.9 Å². The van der Waals surface area contributed by atoms with Crippen LogP contribution in [-0.2, 0) is 6.42 Å². The van der Waals surface area contributed by atoms with E-state index in [2.05, 4.69) is 11.6 Å². The number of nitrogens with zero attached hydrogens (tertiary/aromatic N) is 2. The molecule has 0 saturated heterocycles. The first kappa shape index (κ1) is 19.5. The van der Waals surface area contributed by atoms with Gasteiger partial charge in [0, 0.05) is 37.0 Å². The Bertz CT molecular complexity index is 1230. The van der Waals surface area contributed by atoms with Gasteiger partial charge in [-0.25, -0.2) is 4.39 Å². The molecule has 0 fully saturated rings. The molecule has 0 aliphatic heterocycles. The third-order valence-electron chi connectivity index (χ3n) is 5.33. The maximum absolute atomic E-state index is 15.3. The van der Waals surface area contributed by atoms with E-state index >= 15 is 4.39 Å². The van der Waals surface area contributed by atoms with Gasteiger partial charge >= 0.3 is 0 Å². The van der Waals surface area contributed by atoms with E-state index in [9.17, 15) is 9.59 Å². The lowest BCUT2D eigenvalue weighted by Gasteiger charge is -2.15. The van der Waals surface area contributed by atoms with Crippen molar-refractivity contribution in [1.82, 2.24) is 9.88 Å². The van der Waals surface area contributed by atoms with E-state index in [0.717, 1.165) is 11.1 Å². The second-order valence-corrected chi connectivity index (χ2v) is 7.42. The van der Waals surface area contributed by atoms with Gasteiger partial charge in [-0.3, -0.25) is 14.6 Å². The fourth-order valence-corrected chi connectivity index (χ4v) is 3.95. The van der Waals surface area contributed by atoms with Gasteiger partial charge in [-0.1, -0.05) is 12.6 Å². The molecular formula is C24H20FN3O2. The molecule has 4 rings (SSSR count). The van der Waals surface area contributed by atoms with Crippen molar-refractivity contribution in [3.05, 3.63) is 82.9 Å². The monoisotopic (exact) mass is 401 g/mol. The summed E-state index contributed by atoms with van der Waals surface area (Å²) in [6, 6.07) is 9.99. The summed E-state index contributed by atoms with van der Waals surface area (Å²) in [6.07, 6.45) is 3.57. The zero-order chi connectivity index (χ0) is 21.6. The second-order valence-electron chi connectivity index (χ2n) is 7.42. The van der Waals surface area contributed by atoms with Gasteiger partial charge in [0.25, 0.3) is 5.91 Å². The molecule has 5 nitrogen and oxygen atoms in total. The Hall–Kier alpha value is -3.80. The molecule has 30 heavy (non-hydrogen) atoms. The molecular weight excluding hydrogens is 381 g/mol. The van der Waals surface area contributed by atoms with Crippen LogP contribution in [0.15, 0.2) is 49.2 Å². The number of carbonyl (C=O) groups excluding carboxylic acids is 2. The summed E-state index contributed by atoms with van der Waals surface area (Å²) in [6.45, 7) is 3.72. The molecule has 1 aliphatic rings. The molecule has 0 atom stereocenters. The lowest BCUT2D eigenvalue weighted by molar-refractivity contribution is 0.0827. The lowest BCUT2D eigenvalue weighted by atomic mass is 9.90. The molecule has 2 N–H and O–H groups in total. The molecule has 0 spiro atoms. The molecule has 0 saturated carbocycles. The summed E-state index contributed by atoms with van der Waals surface area (Å²) in [5.74, 6) is -1.35. The molecule has 150 valence electrons. The predicted molar refractivity (Wildman–Crippen MR) is 114 cm³/mol. The van der Waals surface area contributed by atoms with Crippen LogP contribution in [0.4, 0.5) is 4.39 Å². The highest BCUT2D eigenvalue weighted by Gasteiger charge is 2.30. The minimum atomic E-state index is -0.685. The Balaban J connectivity index is 1.99. The van der Waals surface area contributed by atoms with Gasteiger partial charge in [-0.15, -0.1) is 0 Å². The Morgan fingerprint density at radius 3 is 2.60 bits per heavy atom. The number of halogens is 1. The molecule has 3 aromatic rings. The number of rotatable bonds is 4. The molecule has 6 heteroatoms. The first-order chi connectivity index (χ1) is 14.3. The van der Waals surface area contributed by atoms with Crippen LogP contribution >= 0.6 is 0 Å². The van der Waals surface area contributed by atoms with Gasteiger partial charge in [0.1, 0.15) is 5.82 Å². The van der Waals surface area contributed by atoms with Crippen molar-refractivity contribution in [3.8, 4) is 22.3 Å².